The van der Waals surface area contributed by atoms with Gasteiger partial charge < -0.3 is 14.5 Å². The molecule has 8 heteroatoms. The Bertz CT molecular complexity index is 1510. The van der Waals surface area contributed by atoms with Gasteiger partial charge >= 0.3 is 5.69 Å². The molecular weight excluding hydrogens is 476 g/mol. The Hall–Kier alpha value is -3.55. The second kappa shape index (κ2) is 10.2. The molecule has 1 saturated heterocycles. The number of ether oxygens (including phenoxy) is 1. The van der Waals surface area contributed by atoms with Crippen molar-refractivity contribution in [1.29, 1.82) is 0 Å². The lowest BCUT2D eigenvalue weighted by Crippen LogP contribution is -2.46. The highest BCUT2D eigenvalue weighted by Crippen LogP contribution is 2.29. The van der Waals surface area contributed by atoms with Gasteiger partial charge in [-0.3, -0.25) is 13.9 Å². The number of fused-ring (bicyclic) bond motifs is 1. The fourth-order valence-corrected chi connectivity index (χ4v) is 5.05. The first-order chi connectivity index (χ1) is 17.5. The van der Waals surface area contributed by atoms with Crippen molar-refractivity contribution in [2.45, 2.75) is 13.1 Å². The van der Waals surface area contributed by atoms with E-state index in [1.165, 1.54) is 4.57 Å². The van der Waals surface area contributed by atoms with Crippen LogP contribution in [0.15, 0.2) is 76.3 Å². The lowest BCUT2D eigenvalue weighted by Gasteiger charge is -2.34. The maximum absolute atomic E-state index is 14.0. The van der Waals surface area contributed by atoms with Crippen LogP contribution >= 0.6 is 11.6 Å². The van der Waals surface area contributed by atoms with Gasteiger partial charge in [-0.15, -0.1) is 0 Å². The van der Waals surface area contributed by atoms with Crippen LogP contribution < -0.4 is 20.9 Å². The van der Waals surface area contributed by atoms with E-state index in [4.69, 9.17) is 16.3 Å². The Labute approximate surface area is 214 Å². The second-order valence-corrected chi connectivity index (χ2v) is 9.60. The van der Waals surface area contributed by atoms with Crippen LogP contribution in [0.25, 0.3) is 10.9 Å². The molecule has 0 atom stereocenters. The minimum atomic E-state index is -0.381. The molecular formula is C28H29ClN4O3. The van der Waals surface area contributed by atoms with Crippen LogP contribution in [-0.2, 0) is 13.1 Å². The molecule has 1 fully saturated rings. The van der Waals surface area contributed by atoms with Gasteiger partial charge in [0, 0.05) is 36.8 Å². The van der Waals surface area contributed by atoms with Crippen molar-refractivity contribution in [3.05, 3.63) is 104 Å². The number of likely N-dealkylation sites (N-methyl/N-ethyl adjacent to an activating group) is 1. The molecule has 3 aromatic carbocycles. The Kier molecular flexibility index (Phi) is 6.85. The maximum atomic E-state index is 14.0. The monoisotopic (exact) mass is 504 g/mol. The molecule has 2 heterocycles. The van der Waals surface area contributed by atoms with Crippen molar-refractivity contribution in [2.24, 2.45) is 0 Å². The van der Waals surface area contributed by atoms with Gasteiger partial charge in [0.1, 0.15) is 5.75 Å². The predicted octanol–water partition coefficient (Wildman–Crippen LogP) is 3.67. The standard InChI is InChI=1S/C28H29ClN4O3/c1-30-12-14-31(15-13-30)23-16-22(29)17-24-26(23)27(34)33(19-21-10-6-7-11-25(21)36-2)28(35)32(24)18-20-8-4-3-5-9-20/h3-11,16-17H,12-15,18-19H2,1-2H3. The average molecular weight is 505 g/mol. The molecule has 1 aromatic heterocycles. The number of hydrogen-bond acceptors (Lipinski definition) is 5. The van der Waals surface area contributed by atoms with Crippen LogP contribution in [0.1, 0.15) is 11.1 Å². The third-order valence-corrected chi connectivity index (χ3v) is 7.04. The number of methoxy groups -OCH3 is 1. The first kappa shape index (κ1) is 24.2. The largest absolute Gasteiger partial charge is 0.496 e. The zero-order valence-corrected chi connectivity index (χ0v) is 21.2. The van der Waals surface area contributed by atoms with E-state index >= 15 is 0 Å². The summed E-state index contributed by atoms with van der Waals surface area (Å²) < 4.78 is 8.48. The number of hydrogen-bond donors (Lipinski definition) is 0. The van der Waals surface area contributed by atoms with E-state index in [1.807, 2.05) is 60.7 Å². The van der Waals surface area contributed by atoms with Crippen molar-refractivity contribution in [2.75, 3.05) is 45.2 Å². The van der Waals surface area contributed by atoms with Crippen molar-refractivity contribution in [3.8, 4) is 5.75 Å². The van der Waals surface area contributed by atoms with Crippen molar-refractivity contribution < 1.29 is 4.74 Å². The summed E-state index contributed by atoms with van der Waals surface area (Å²) in [6.07, 6.45) is 0. The molecule has 0 aliphatic carbocycles. The van der Waals surface area contributed by atoms with Crippen molar-refractivity contribution in [1.82, 2.24) is 14.0 Å². The topological polar surface area (TPSA) is 59.7 Å². The van der Waals surface area contributed by atoms with Gasteiger partial charge in [0.05, 0.1) is 36.8 Å². The highest BCUT2D eigenvalue weighted by molar-refractivity contribution is 6.31. The molecule has 5 rings (SSSR count). The minimum Gasteiger partial charge on any atom is -0.496 e. The van der Waals surface area contributed by atoms with E-state index in [2.05, 4.69) is 16.8 Å². The molecule has 0 amide bonds. The number of para-hydroxylation sites is 1. The molecule has 7 nitrogen and oxygen atoms in total. The van der Waals surface area contributed by atoms with Gasteiger partial charge in [-0.05, 0) is 30.8 Å². The van der Waals surface area contributed by atoms with Crippen LogP contribution in [0.4, 0.5) is 5.69 Å². The smallest absolute Gasteiger partial charge is 0.332 e. The number of piperazine rings is 1. The number of nitrogens with zero attached hydrogens (tertiary/aromatic N) is 4. The SMILES string of the molecule is COc1ccccc1Cn1c(=O)c2c(N3CCN(C)CC3)cc(Cl)cc2n(Cc2ccccc2)c1=O. The normalized spacial score (nSPS) is 14.4. The highest BCUT2D eigenvalue weighted by Gasteiger charge is 2.23. The first-order valence-corrected chi connectivity index (χ1v) is 12.4. The molecule has 0 N–H and O–H groups in total. The van der Waals surface area contributed by atoms with Crippen molar-refractivity contribution in [3.63, 3.8) is 0 Å². The quantitative estimate of drug-likeness (QED) is 0.401. The lowest BCUT2D eigenvalue weighted by molar-refractivity contribution is 0.313. The number of aromatic nitrogens is 2. The summed E-state index contributed by atoms with van der Waals surface area (Å²) in [6.45, 7) is 3.74. The molecule has 0 bridgehead atoms. The maximum Gasteiger partial charge on any atom is 0.332 e. The number of halogens is 1. The number of anilines is 1. The minimum absolute atomic E-state index is 0.108. The van der Waals surface area contributed by atoms with E-state index < -0.39 is 0 Å². The average Bonchev–Trinajstić information content (AvgIpc) is 2.89. The predicted molar refractivity (Wildman–Crippen MR) is 145 cm³/mol. The summed E-state index contributed by atoms with van der Waals surface area (Å²) in [6, 6.07) is 20.8. The Morgan fingerprint density at radius 2 is 1.56 bits per heavy atom. The van der Waals surface area contributed by atoms with E-state index in [1.54, 1.807) is 17.7 Å². The molecule has 1 aliphatic heterocycles. The molecule has 0 saturated carbocycles. The first-order valence-electron chi connectivity index (χ1n) is 12.0. The van der Waals surface area contributed by atoms with E-state index in [9.17, 15) is 9.59 Å². The van der Waals surface area contributed by atoms with Gasteiger partial charge in [0.25, 0.3) is 5.56 Å². The zero-order chi connectivity index (χ0) is 25.2. The van der Waals surface area contributed by atoms with Crippen LogP contribution in [0.2, 0.25) is 5.02 Å². The Balaban J connectivity index is 1.76. The summed E-state index contributed by atoms with van der Waals surface area (Å²) >= 11 is 6.58. The number of benzene rings is 3. The van der Waals surface area contributed by atoms with E-state index in [-0.39, 0.29) is 17.8 Å². The third-order valence-electron chi connectivity index (χ3n) is 6.82. The third kappa shape index (κ3) is 4.64. The summed E-state index contributed by atoms with van der Waals surface area (Å²) in [5.74, 6) is 0.633. The summed E-state index contributed by atoms with van der Waals surface area (Å²) in [5.41, 5.74) is 2.34. The van der Waals surface area contributed by atoms with Crippen LogP contribution in [0.3, 0.4) is 0 Å². The van der Waals surface area contributed by atoms with Gasteiger partial charge in [0.2, 0.25) is 0 Å². The van der Waals surface area contributed by atoms with E-state index in [0.29, 0.717) is 28.2 Å². The van der Waals surface area contributed by atoms with Crippen LogP contribution in [0.5, 0.6) is 5.75 Å². The summed E-state index contributed by atoms with van der Waals surface area (Å²) in [4.78, 5) is 32.4. The number of rotatable bonds is 6. The molecule has 4 aromatic rings. The van der Waals surface area contributed by atoms with Crippen LogP contribution in [0, 0.1) is 0 Å². The summed E-state index contributed by atoms with van der Waals surface area (Å²) in [7, 11) is 3.67. The molecule has 0 unspecified atom stereocenters. The second-order valence-electron chi connectivity index (χ2n) is 9.17. The molecule has 0 radical (unpaired) electrons. The van der Waals surface area contributed by atoms with E-state index in [0.717, 1.165) is 43.0 Å². The lowest BCUT2D eigenvalue weighted by atomic mass is 10.1. The summed E-state index contributed by atoms with van der Waals surface area (Å²) in [5, 5.41) is 1.01. The fourth-order valence-electron chi connectivity index (χ4n) is 4.84. The molecule has 36 heavy (non-hydrogen) atoms. The van der Waals surface area contributed by atoms with Crippen LogP contribution in [-0.4, -0.2) is 54.4 Å². The fraction of sp³-hybridized carbons (Fsp3) is 0.286. The molecule has 0 spiro atoms. The highest BCUT2D eigenvalue weighted by atomic mass is 35.5. The van der Waals surface area contributed by atoms with Gasteiger partial charge in [-0.25, -0.2) is 4.79 Å². The molecule has 1 aliphatic rings. The zero-order valence-electron chi connectivity index (χ0n) is 20.5. The van der Waals surface area contributed by atoms with Gasteiger partial charge in [-0.2, -0.15) is 0 Å². The Morgan fingerprint density at radius 3 is 2.28 bits per heavy atom. The van der Waals surface area contributed by atoms with Gasteiger partial charge in [0.15, 0.2) is 0 Å². The van der Waals surface area contributed by atoms with Gasteiger partial charge in [-0.1, -0.05) is 60.1 Å². The van der Waals surface area contributed by atoms with Crippen molar-refractivity contribution >= 4 is 28.2 Å². The molecule has 186 valence electrons. The Morgan fingerprint density at radius 1 is 0.861 bits per heavy atom.